The molecule has 7 nitrogen and oxygen atoms in total. The molecule has 1 aromatic carbocycles. The lowest BCUT2D eigenvalue weighted by Crippen LogP contribution is -2.67. The van der Waals surface area contributed by atoms with Crippen LogP contribution in [0.5, 0.6) is 0 Å². The summed E-state index contributed by atoms with van der Waals surface area (Å²) >= 11 is 6.05. The third-order valence-electron chi connectivity index (χ3n) is 6.22. The van der Waals surface area contributed by atoms with E-state index in [4.69, 9.17) is 27.8 Å². The van der Waals surface area contributed by atoms with E-state index in [1.807, 2.05) is 6.07 Å². The van der Waals surface area contributed by atoms with Gasteiger partial charge in [-0.1, -0.05) is 11.6 Å². The molecule has 3 atom stereocenters. The quantitative estimate of drug-likeness (QED) is 0.421. The molecule has 0 amide bonds. The molecule has 0 bridgehead atoms. The van der Waals surface area contributed by atoms with Crippen LogP contribution in [0.4, 0.5) is 0 Å². The van der Waals surface area contributed by atoms with E-state index in [0.717, 1.165) is 30.2 Å². The molecule has 29 heavy (non-hydrogen) atoms. The van der Waals surface area contributed by atoms with Crippen molar-refractivity contribution in [3.8, 4) is 0 Å². The highest BCUT2D eigenvalue weighted by molar-refractivity contribution is 6.31. The Labute approximate surface area is 174 Å². The van der Waals surface area contributed by atoms with Crippen LogP contribution in [0.2, 0.25) is 5.02 Å². The third kappa shape index (κ3) is 3.68. The Morgan fingerprint density at radius 3 is 2.76 bits per heavy atom. The van der Waals surface area contributed by atoms with Gasteiger partial charge in [0.05, 0.1) is 17.8 Å². The van der Waals surface area contributed by atoms with Crippen LogP contribution in [0.15, 0.2) is 24.3 Å². The molecule has 2 fully saturated rings. The fourth-order valence-corrected chi connectivity index (χ4v) is 4.53. The normalized spacial score (nSPS) is 28.3. The summed E-state index contributed by atoms with van der Waals surface area (Å²) in [7, 11) is 0. The van der Waals surface area contributed by atoms with E-state index >= 15 is 0 Å². The fraction of sp³-hybridized carbons (Fsp3) is 0.524. The number of carbonyl (C=O) groups excluding carboxylic acids is 2. The number of Topliss-reactive ketones (excluding diaryl/α,β-unsaturated/α-hetero) is 1. The number of benzene rings is 1. The molecule has 4 rings (SSSR count). The van der Waals surface area contributed by atoms with Gasteiger partial charge in [-0.25, -0.2) is 0 Å². The standard InChI is InChI=1S/C21H27ClN4O3/c1-2-29-19(28)20(7-8-20)26-14-4-6-17(23)21(24,11-14)18(27)16-10-12-9-13(22)3-5-15(12)25-16/h3,5,9-10,14,17,25-26H,2,4,6-8,11,23-24H2,1H3. The predicted octanol–water partition coefficient (Wildman–Crippen LogP) is 2.27. The molecule has 1 heterocycles. The monoisotopic (exact) mass is 418 g/mol. The molecular formula is C21H27ClN4O3. The number of ketones is 1. The van der Waals surface area contributed by atoms with Gasteiger partial charge in [0, 0.05) is 28.0 Å². The Hall–Kier alpha value is -1.93. The van der Waals surface area contributed by atoms with Gasteiger partial charge in [-0.05, 0) is 63.3 Å². The zero-order valence-corrected chi connectivity index (χ0v) is 17.2. The first-order chi connectivity index (χ1) is 13.8. The first-order valence-corrected chi connectivity index (χ1v) is 10.5. The smallest absolute Gasteiger partial charge is 0.326 e. The van der Waals surface area contributed by atoms with Crippen molar-refractivity contribution in [1.29, 1.82) is 0 Å². The van der Waals surface area contributed by atoms with Crippen LogP contribution >= 0.6 is 11.6 Å². The molecule has 0 aliphatic heterocycles. The summed E-state index contributed by atoms with van der Waals surface area (Å²) in [5.41, 5.74) is 12.3. The molecule has 0 radical (unpaired) electrons. The number of nitrogens with one attached hydrogen (secondary N) is 2. The lowest BCUT2D eigenvalue weighted by atomic mass is 9.72. The number of halogens is 1. The molecule has 3 unspecified atom stereocenters. The summed E-state index contributed by atoms with van der Waals surface area (Å²) in [6, 6.07) is 6.63. The summed E-state index contributed by atoms with van der Waals surface area (Å²) in [5, 5.41) is 4.87. The van der Waals surface area contributed by atoms with Crippen LogP contribution in [0.1, 0.15) is 49.5 Å². The molecule has 0 saturated heterocycles. The second-order valence-electron chi connectivity index (χ2n) is 8.32. The average Bonchev–Trinajstić information content (AvgIpc) is 3.35. The van der Waals surface area contributed by atoms with E-state index in [1.54, 1.807) is 25.1 Å². The lowest BCUT2D eigenvalue weighted by Gasteiger charge is -2.42. The van der Waals surface area contributed by atoms with Crippen molar-refractivity contribution in [3.05, 3.63) is 35.0 Å². The van der Waals surface area contributed by atoms with Crippen molar-refractivity contribution in [2.45, 2.75) is 62.2 Å². The largest absolute Gasteiger partial charge is 0.465 e. The Bertz CT molecular complexity index is 955. The fourth-order valence-electron chi connectivity index (χ4n) is 4.35. The molecule has 2 aromatic rings. The Kier molecular flexibility index (Phi) is 5.19. The number of nitrogens with two attached hydrogens (primary N) is 2. The second-order valence-corrected chi connectivity index (χ2v) is 8.75. The molecule has 0 spiro atoms. The zero-order valence-electron chi connectivity index (χ0n) is 16.5. The SMILES string of the molecule is CCOC(=O)C1(NC2CCC(N)C(N)(C(=O)c3cc4cc(Cl)ccc4[nH]3)C2)CC1. The van der Waals surface area contributed by atoms with Gasteiger partial charge in [0.15, 0.2) is 5.78 Å². The van der Waals surface area contributed by atoms with E-state index in [0.29, 0.717) is 30.2 Å². The molecule has 2 saturated carbocycles. The number of H-pyrrole nitrogens is 1. The van der Waals surface area contributed by atoms with Crippen LogP contribution in [0.25, 0.3) is 10.9 Å². The van der Waals surface area contributed by atoms with Gasteiger partial charge in [0.1, 0.15) is 5.54 Å². The molecule has 8 heteroatoms. The number of hydrogen-bond acceptors (Lipinski definition) is 6. The maximum Gasteiger partial charge on any atom is 0.326 e. The summed E-state index contributed by atoms with van der Waals surface area (Å²) in [6.07, 6.45) is 3.21. The van der Waals surface area contributed by atoms with Gasteiger partial charge in [0.2, 0.25) is 0 Å². The van der Waals surface area contributed by atoms with Crippen molar-refractivity contribution in [1.82, 2.24) is 10.3 Å². The van der Waals surface area contributed by atoms with Gasteiger partial charge in [-0.3, -0.25) is 14.9 Å². The van der Waals surface area contributed by atoms with E-state index in [2.05, 4.69) is 10.3 Å². The van der Waals surface area contributed by atoms with Crippen LogP contribution < -0.4 is 16.8 Å². The predicted molar refractivity (Wildman–Crippen MR) is 112 cm³/mol. The van der Waals surface area contributed by atoms with Gasteiger partial charge >= 0.3 is 5.97 Å². The zero-order chi connectivity index (χ0) is 20.8. The first kappa shape index (κ1) is 20.3. The number of hydrogen-bond donors (Lipinski definition) is 4. The van der Waals surface area contributed by atoms with Gasteiger partial charge < -0.3 is 21.2 Å². The minimum atomic E-state index is -1.22. The molecule has 1 aromatic heterocycles. The van der Waals surface area contributed by atoms with Gasteiger partial charge in [0.25, 0.3) is 0 Å². The number of aromatic nitrogens is 1. The van der Waals surface area contributed by atoms with E-state index in [1.165, 1.54) is 0 Å². The Morgan fingerprint density at radius 1 is 1.31 bits per heavy atom. The van der Waals surface area contributed by atoms with Crippen LogP contribution in [-0.4, -0.2) is 46.5 Å². The number of esters is 1. The van der Waals surface area contributed by atoms with Crippen LogP contribution in [0, 0.1) is 0 Å². The topological polar surface area (TPSA) is 123 Å². The van der Waals surface area contributed by atoms with Crippen molar-refractivity contribution >= 4 is 34.3 Å². The maximum atomic E-state index is 13.4. The van der Waals surface area contributed by atoms with Crippen molar-refractivity contribution in [2.24, 2.45) is 11.5 Å². The van der Waals surface area contributed by atoms with E-state index < -0.39 is 17.1 Å². The van der Waals surface area contributed by atoms with E-state index in [9.17, 15) is 9.59 Å². The van der Waals surface area contributed by atoms with Crippen molar-refractivity contribution < 1.29 is 14.3 Å². The Morgan fingerprint density at radius 2 is 2.07 bits per heavy atom. The van der Waals surface area contributed by atoms with Crippen LogP contribution in [0.3, 0.4) is 0 Å². The van der Waals surface area contributed by atoms with E-state index in [-0.39, 0.29) is 17.8 Å². The highest BCUT2D eigenvalue weighted by atomic mass is 35.5. The van der Waals surface area contributed by atoms with Crippen molar-refractivity contribution in [2.75, 3.05) is 6.61 Å². The molecule has 156 valence electrons. The summed E-state index contributed by atoms with van der Waals surface area (Å²) < 4.78 is 5.20. The number of fused-ring (bicyclic) bond motifs is 1. The number of ether oxygens (including phenoxy) is 1. The third-order valence-corrected chi connectivity index (χ3v) is 6.45. The summed E-state index contributed by atoms with van der Waals surface area (Å²) in [4.78, 5) is 28.8. The Balaban J connectivity index is 1.54. The highest BCUT2D eigenvalue weighted by Gasteiger charge is 2.54. The number of carbonyl (C=O) groups is 2. The van der Waals surface area contributed by atoms with Crippen molar-refractivity contribution in [3.63, 3.8) is 0 Å². The minimum absolute atomic E-state index is 0.0746. The second kappa shape index (κ2) is 7.40. The first-order valence-electron chi connectivity index (χ1n) is 10.1. The number of aromatic amines is 1. The summed E-state index contributed by atoms with van der Waals surface area (Å²) in [5.74, 6) is -0.443. The minimum Gasteiger partial charge on any atom is -0.465 e. The average molecular weight is 419 g/mol. The van der Waals surface area contributed by atoms with Gasteiger partial charge in [-0.15, -0.1) is 0 Å². The molecular weight excluding hydrogens is 392 g/mol. The number of rotatable bonds is 6. The summed E-state index contributed by atoms with van der Waals surface area (Å²) in [6.45, 7) is 2.15. The molecule has 6 N–H and O–H groups in total. The molecule has 2 aliphatic rings. The lowest BCUT2D eigenvalue weighted by molar-refractivity contribution is -0.147. The van der Waals surface area contributed by atoms with Crippen LogP contribution in [-0.2, 0) is 9.53 Å². The maximum absolute atomic E-state index is 13.4. The van der Waals surface area contributed by atoms with Gasteiger partial charge in [-0.2, -0.15) is 0 Å². The highest BCUT2D eigenvalue weighted by Crippen LogP contribution is 2.40. The molecule has 2 aliphatic carbocycles.